The number of amides is 1. The first-order valence-corrected chi connectivity index (χ1v) is 10.4. The number of ether oxygens (including phenoxy) is 1. The second-order valence-corrected chi connectivity index (χ2v) is 9.26. The molecule has 1 aromatic rings. The highest BCUT2D eigenvalue weighted by Gasteiger charge is 2.48. The van der Waals surface area contributed by atoms with Gasteiger partial charge in [-0.3, -0.25) is 9.69 Å². The highest BCUT2D eigenvalue weighted by Crippen LogP contribution is 2.34. The van der Waals surface area contributed by atoms with Crippen molar-refractivity contribution in [3.63, 3.8) is 0 Å². The molecule has 0 spiro atoms. The molecule has 0 N–H and O–H groups in total. The van der Waals surface area contributed by atoms with Crippen molar-refractivity contribution in [1.82, 2.24) is 19.8 Å². The van der Waals surface area contributed by atoms with Crippen LogP contribution in [-0.2, 0) is 9.84 Å². The van der Waals surface area contributed by atoms with Gasteiger partial charge < -0.3 is 9.64 Å². The lowest BCUT2D eigenvalue weighted by molar-refractivity contribution is 0.0317. The molecule has 1 aromatic heterocycles. The Morgan fingerprint density at radius 2 is 1.88 bits per heavy atom. The SMILES string of the molecule is COc1ncc(C(=O)N2CCN(CC3CC3)[C@@H]3CS(=O)(=O)C[C@@H]32)cn1. The zero-order valence-corrected chi connectivity index (χ0v) is 15.0. The minimum atomic E-state index is -3.12. The van der Waals surface area contributed by atoms with Gasteiger partial charge in [0.05, 0.1) is 30.2 Å². The molecule has 2 aliphatic heterocycles. The molecule has 25 heavy (non-hydrogen) atoms. The van der Waals surface area contributed by atoms with Crippen LogP contribution in [0.5, 0.6) is 6.01 Å². The van der Waals surface area contributed by atoms with Gasteiger partial charge in [-0.2, -0.15) is 0 Å². The van der Waals surface area contributed by atoms with E-state index in [9.17, 15) is 13.2 Å². The minimum absolute atomic E-state index is 0.0432. The first kappa shape index (κ1) is 16.7. The Labute approximate surface area is 147 Å². The van der Waals surface area contributed by atoms with Crippen LogP contribution in [0.3, 0.4) is 0 Å². The van der Waals surface area contributed by atoms with Crippen LogP contribution in [0.4, 0.5) is 0 Å². The van der Waals surface area contributed by atoms with E-state index in [-0.39, 0.29) is 35.5 Å². The van der Waals surface area contributed by atoms with Crippen molar-refractivity contribution in [2.75, 3.05) is 38.2 Å². The predicted molar refractivity (Wildman–Crippen MR) is 90.1 cm³/mol. The lowest BCUT2D eigenvalue weighted by atomic mass is 10.0. The fourth-order valence-corrected chi connectivity index (χ4v) is 5.85. The molecule has 2 saturated heterocycles. The van der Waals surface area contributed by atoms with Gasteiger partial charge in [-0.05, 0) is 18.8 Å². The van der Waals surface area contributed by atoms with Gasteiger partial charge in [-0.25, -0.2) is 18.4 Å². The molecular formula is C16H22N4O4S. The van der Waals surface area contributed by atoms with Gasteiger partial charge in [0.1, 0.15) is 0 Å². The van der Waals surface area contributed by atoms with Crippen LogP contribution in [-0.4, -0.2) is 84.4 Å². The molecule has 8 nitrogen and oxygen atoms in total. The molecule has 136 valence electrons. The molecule has 2 atom stereocenters. The molecule has 4 rings (SSSR count). The van der Waals surface area contributed by atoms with Crippen LogP contribution < -0.4 is 4.74 Å². The molecule has 0 aromatic carbocycles. The number of methoxy groups -OCH3 is 1. The quantitative estimate of drug-likeness (QED) is 0.730. The Bertz CT molecular complexity index is 763. The Morgan fingerprint density at radius 3 is 2.52 bits per heavy atom. The predicted octanol–water partition coefficient (Wildman–Crippen LogP) is -0.181. The summed E-state index contributed by atoms with van der Waals surface area (Å²) in [5, 5.41) is 0. The number of carbonyl (C=O) groups excluding carboxylic acids is 1. The summed E-state index contributed by atoms with van der Waals surface area (Å²) in [6.07, 6.45) is 5.32. The zero-order valence-electron chi connectivity index (χ0n) is 14.2. The third kappa shape index (κ3) is 3.35. The fraction of sp³-hybridized carbons (Fsp3) is 0.688. The Balaban J connectivity index is 1.56. The highest BCUT2D eigenvalue weighted by atomic mass is 32.2. The number of sulfone groups is 1. The zero-order chi connectivity index (χ0) is 17.6. The number of nitrogens with zero attached hydrogens (tertiary/aromatic N) is 4. The summed E-state index contributed by atoms with van der Waals surface area (Å²) >= 11 is 0. The molecule has 0 bridgehead atoms. The van der Waals surface area contributed by atoms with E-state index in [1.807, 2.05) is 0 Å². The van der Waals surface area contributed by atoms with Gasteiger partial charge >= 0.3 is 6.01 Å². The summed E-state index contributed by atoms with van der Waals surface area (Å²) in [4.78, 5) is 24.8. The normalized spacial score (nSPS) is 28.6. The van der Waals surface area contributed by atoms with Crippen molar-refractivity contribution in [1.29, 1.82) is 0 Å². The molecule has 0 radical (unpaired) electrons. The molecule has 9 heteroatoms. The summed E-state index contributed by atoms with van der Waals surface area (Å²) in [6, 6.07) is -0.179. The molecule has 1 amide bonds. The molecule has 3 aliphatic rings. The second-order valence-electron chi connectivity index (χ2n) is 7.11. The van der Waals surface area contributed by atoms with E-state index in [0.29, 0.717) is 18.0 Å². The van der Waals surface area contributed by atoms with Gasteiger partial charge in [0.2, 0.25) is 0 Å². The van der Waals surface area contributed by atoms with E-state index < -0.39 is 9.84 Å². The van der Waals surface area contributed by atoms with Crippen LogP contribution in [0.1, 0.15) is 23.2 Å². The molecule has 3 heterocycles. The monoisotopic (exact) mass is 366 g/mol. The minimum Gasteiger partial charge on any atom is -0.467 e. The first-order valence-electron chi connectivity index (χ1n) is 8.58. The van der Waals surface area contributed by atoms with Gasteiger partial charge in [0.25, 0.3) is 5.91 Å². The Morgan fingerprint density at radius 1 is 1.20 bits per heavy atom. The third-order valence-electron chi connectivity index (χ3n) is 5.30. The van der Waals surface area contributed by atoms with Crippen molar-refractivity contribution >= 4 is 15.7 Å². The number of piperazine rings is 1. The van der Waals surface area contributed by atoms with Crippen LogP contribution >= 0.6 is 0 Å². The van der Waals surface area contributed by atoms with E-state index in [4.69, 9.17) is 4.74 Å². The van der Waals surface area contributed by atoms with Crippen molar-refractivity contribution in [3.8, 4) is 6.01 Å². The topological polar surface area (TPSA) is 92.7 Å². The fourth-order valence-electron chi connectivity index (χ4n) is 3.83. The van der Waals surface area contributed by atoms with Crippen LogP contribution in [0.25, 0.3) is 0 Å². The number of carbonyl (C=O) groups is 1. The van der Waals surface area contributed by atoms with Crippen molar-refractivity contribution in [2.24, 2.45) is 5.92 Å². The lowest BCUT2D eigenvalue weighted by Crippen LogP contribution is -2.60. The van der Waals surface area contributed by atoms with Gasteiger partial charge in [-0.1, -0.05) is 0 Å². The van der Waals surface area contributed by atoms with E-state index >= 15 is 0 Å². The van der Waals surface area contributed by atoms with Crippen molar-refractivity contribution in [3.05, 3.63) is 18.0 Å². The van der Waals surface area contributed by atoms with E-state index in [1.54, 1.807) is 4.90 Å². The number of aromatic nitrogens is 2. The summed E-state index contributed by atoms with van der Waals surface area (Å²) < 4.78 is 29.4. The van der Waals surface area contributed by atoms with E-state index in [0.717, 1.165) is 13.1 Å². The number of rotatable bonds is 4. The summed E-state index contributed by atoms with van der Waals surface area (Å²) in [6.45, 7) is 2.20. The molecule has 1 aliphatic carbocycles. The molecule has 0 unspecified atom stereocenters. The maximum absolute atomic E-state index is 12.9. The van der Waals surface area contributed by atoms with Crippen molar-refractivity contribution < 1.29 is 17.9 Å². The summed E-state index contributed by atoms with van der Waals surface area (Å²) in [7, 11) is -1.66. The standard InChI is InChI=1S/C16H22N4O4S/c1-24-16-17-6-12(7-18-16)15(21)20-5-4-19(8-11-2-3-11)13-9-25(22,23)10-14(13)20/h6-7,11,13-14H,2-5,8-10H2,1H3/t13-,14+/m1/s1. The highest BCUT2D eigenvalue weighted by molar-refractivity contribution is 7.91. The van der Waals surface area contributed by atoms with Gasteiger partial charge in [0, 0.05) is 38.1 Å². The smallest absolute Gasteiger partial charge is 0.316 e. The molecule has 1 saturated carbocycles. The maximum atomic E-state index is 12.9. The lowest BCUT2D eigenvalue weighted by Gasteiger charge is -2.44. The number of hydrogen-bond donors (Lipinski definition) is 0. The second kappa shape index (κ2) is 6.21. The van der Waals surface area contributed by atoms with Crippen LogP contribution in [0, 0.1) is 5.92 Å². The number of fused-ring (bicyclic) bond motifs is 1. The maximum Gasteiger partial charge on any atom is 0.316 e. The van der Waals surface area contributed by atoms with E-state index in [2.05, 4.69) is 14.9 Å². The first-order chi connectivity index (χ1) is 12.0. The third-order valence-corrected chi connectivity index (χ3v) is 7.00. The molecule has 3 fully saturated rings. The molecular weight excluding hydrogens is 344 g/mol. The largest absolute Gasteiger partial charge is 0.467 e. The average molecular weight is 366 g/mol. The summed E-state index contributed by atoms with van der Waals surface area (Å²) in [5.41, 5.74) is 0.361. The van der Waals surface area contributed by atoms with Crippen LogP contribution in [0.15, 0.2) is 12.4 Å². The average Bonchev–Trinajstić information content (AvgIpc) is 3.35. The summed E-state index contributed by atoms with van der Waals surface area (Å²) in [5.74, 6) is 0.677. The van der Waals surface area contributed by atoms with Gasteiger partial charge in [-0.15, -0.1) is 0 Å². The van der Waals surface area contributed by atoms with E-state index in [1.165, 1.54) is 32.3 Å². The van der Waals surface area contributed by atoms with Crippen molar-refractivity contribution in [2.45, 2.75) is 24.9 Å². The van der Waals surface area contributed by atoms with Crippen LogP contribution in [0.2, 0.25) is 0 Å². The number of hydrogen-bond acceptors (Lipinski definition) is 7. The Hall–Kier alpha value is -1.74. The Kier molecular flexibility index (Phi) is 4.15. The van der Waals surface area contributed by atoms with Gasteiger partial charge in [0.15, 0.2) is 9.84 Å².